The Labute approximate surface area is 116 Å². The van der Waals surface area contributed by atoms with Crippen LogP contribution in [0.4, 0.5) is 0 Å². The van der Waals surface area contributed by atoms with E-state index in [2.05, 4.69) is 44.3 Å². The standard InChI is InChI=1S/C16H25NO2/c1-16(2,3)17-11-13(18)10-15-14-7-5-4-6-12(14)8-9-19-15/h4-7,13,15,17-18H,8-11H2,1-3H3. The van der Waals surface area contributed by atoms with Crippen molar-refractivity contribution in [1.29, 1.82) is 0 Å². The van der Waals surface area contributed by atoms with Crippen LogP contribution >= 0.6 is 0 Å². The molecule has 3 nitrogen and oxygen atoms in total. The lowest BCUT2D eigenvalue weighted by molar-refractivity contribution is 0.00345. The van der Waals surface area contributed by atoms with Gasteiger partial charge in [0.2, 0.25) is 0 Å². The van der Waals surface area contributed by atoms with Gasteiger partial charge in [-0.15, -0.1) is 0 Å². The summed E-state index contributed by atoms with van der Waals surface area (Å²) in [7, 11) is 0. The third-order valence-corrected chi connectivity index (χ3v) is 3.45. The van der Waals surface area contributed by atoms with E-state index < -0.39 is 0 Å². The molecular weight excluding hydrogens is 238 g/mol. The zero-order valence-electron chi connectivity index (χ0n) is 12.1. The normalized spacial score (nSPS) is 20.9. The Hall–Kier alpha value is -0.900. The summed E-state index contributed by atoms with van der Waals surface area (Å²) in [5, 5.41) is 13.5. The number of hydrogen-bond donors (Lipinski definition) is 2. The highest BCUT2D eigenvalue weighted by atomic mass is 16.5. The van der Waals surface area contributed by atoms with Crippen LogP contribution in [0.15, 0.2) is 24.3 Å². The van der Waals surface area contributed by atoms with Crippen LogP contribution in [0, 0.1) is 0 Å². The molecule has 0 aromatic heterocycles. The predicted molar refractivity (Wildman–Crippen MR) is 77.2 cm³/mol. The van der Waals surface area contributed by atoms with Crippen molar-refractivity contribution in [2.75, 3.05) is 13.2 Å². The zero-order chi connectivity index (χ0) is 13.9. The van der Waals surface area contributed by atoms with E-state index in [1.54, 1.807) is 0 Å². The molecule has 2 rings (SSSR count). The third kappa shape index (κ3) is 4.30. The Morgan fingerprint density at radius 1 is 1.37 bits per heavy atom. The molecule has 1 aliphatic rings. The van der Waals surface area contributed by atoms with Crippen LogP contribution in [0.25, 0.3) is 0 Å². The topological polar surface area (TPSA) is 41.5 Å². The molecule has 0 bridgehead atoms. The largest absolute Gasteiger partial charge is 0.392 e. The Kier molecular flexibility index (Phi) is 4.61. The Bertz CT molecular complexity index is 411. The number of β-amino-alcohol motifs (C(OH)–C–C–N with tert-alkyl or cyclic N) is 1. The number of ether oxygens (including phenoxy) is 1. The monoisotopic (exact) mass is 263 g/mol. The van der Waals surface area contributed by atoms with Crippen LogP contribution in [0.3, 0.4) is 0 Å². The van der Waals surface area contributed by atoms with Gasteiger partial charge >= 0.3 is 0 Å². The van der Waals surface area contributed by atoms with Crippen molar-refractivity contribution in [3.05, 3.63) is 35.4 Å². The number of benzene rings is 1. The number of hydrogen-bond acceptors (Lipinski definition) is 3. The lowest BCUT2D eigenvalue weighted by Crippen LogP contribution is -2.41. The lowest BCUT2D eigenvalue weighted by Gasteiger charge is -2.29. The van der Waals surface area contributed by atoms with Gasteiger partial charge in [-0.3, -0.25) is 0 Å². The Balaban J connectivity index is 1.93. The summed E-state index contributed by atoms with van der Waals surface area (Å²) in [6, 6.07) is 8.38. The molecule has 1 heterocycles. The Morgan fingerprint density at radius 3 is 2.84 bits per heavy atom. The average molecular weight is 263 g/mol. The molecule has 1 aromatic carbocycles. The molecule has 2 unspecified atom stereocenters. The number of nitrogens with one attached hydrogen (secondary N) is 1. The highest BCUT2D eigenvalue weighted by Crippen LogP contribution is 2.30. The van der Waals surface area contributed by atoms with Crippen molar-refractivity contribution in [1.82, 2.24) is 5.32 Å². The number of aliphatic hydroxyl groups is 1. The number of aliphatic hydroxyl groups excluding tert-OH is 1. The summed E-state index contributed by atoms with van der Waals surface area (Å²) >= 11 is 0. The van der Waals surface area contributed by atoms with Gasteiger partial charge < -0.3 is 15.2 Å². The maximum absolute atomic E-state index is 10.1. The minimum Gasteiger partial charge on any atom is -0.392 e. The summed E-state index contributed by atoms with van der Waals surface area (Å²) in [4.78, 5) is 0. The van der Waals surface area contributed by atoms with Gasteiger partial charge in [0.1, 0.15) is 0 Å². The fourth-order valence-electron chi connectivity index (χ4n) is 2.43. The van der Waals surface area contributed by atoms with Gasteiger partial charge in [0, 0.05) is 18.5 Å². The molecule has 0 saturated carbocycles. The van der Waals surface area contributed by atoms with Gasteiger partial charge in [-0.1, -0.05) is 24.3 Å². The first-order valence-corrected chi connectivity index (χ1v) is 7.08. The summed E-state index contributed by atoms with van der Waals surface area (Å²) in [5.74, 6) is 0. The average Bonchev–Trinajstić information content (AvgIpc) is 2.36. The van der Waals surface area contributed by atoms with Crippen molar-refractivity contribution in [3.63, 3.8) is 0 Å². The molecule has 1 aliphatic heterocycles. The number of rotatable bonds is 4. The SMILES string of the molecule is CC(C)(C)NCC(O)CC1OCCc2ccccc21. The van der Waals surface area contributed by atoms with Gasteiger partial charge in [-0.2, -0.15) is 0 Å². The quantitative estimate of drug-likeness (QED) is 0.876. The van der Waals surface area contributed by atoms with Crippen LogP contribution in [0.2, 0.25) is 0 Å². The van der Waals surface area contributed by atoms with Crippen molar-refractivity contribution in [2.45, 2.75) is 51.4 Å². The minimum atomic E-state index is -0.379. The predicted octanol–water partition coefficient (Wildman–Crippen LogP) is 2.44. The van der Waals surface area contributed by atoms with Gasteiger partial charge in [-0.25, -0.2) is 0 Å². The van der Waals surface area contributed by atoms with E-state index in [0.717, 1.165) is 13.0 Å². The first-order valence-electron chi connectivity index (χ1n) is 7.08. The first-order chi connectivity index (χ1) is 8.96. The number of fused-ring (bicyclic) bond motifs is 1. The van der Waals surface area contributed by atoms with Crippen molar-refractivity contribution in [2.24, 2.45) is 0 Å². The molecule has 2 atom stereocenters. The van der Waals surface area contributed by atoms with Gasteiger partial charge in [0.05, 0.1) is 18.8 Å². The highest BCUT2D eigenvalue weighted by Gasteiger charge is 2.23. The summed E-state index contributed by atoms with van der Waals surface area (Å²) < 4.78 is 5.82. The molecule has 19 heavy (non-hydrogen) atoms. The van der Waals surface area contributed by atoms with Gasteiger partial charge in [0.25, 0.3) is 0 Å². The smallest absolute Gasteiger partial charge is 0.0852 e. The minimum absolute atomic E-state index is 0.0294. The lowest BCUT2D eigenvalue weighted by atomic mass is 9.94. The second kappa shape index (κ2) is 6.04. The summed E-state index contributed by atoms with van der Waals surface area (Å²) in [6.07, 6.45) is 1.28. The molecule has 0 spiro atoms. The van der Waals surface area contributed by atoms with Crippen LogP contribution in [0.5, 0.6) is 0 Å². The van der Waals surface area contributed by atoms with E-state index in [4.69, 9.17) is 4.74 Å². The van der Waals surface area contributed by atoms with E-state index in [9.17, 15) is 5.11 Å². The fourth-order valence-corrected chi connectivity index (χ4v) is 2.43. The molecule has 2 N–H and O–H groups in total. The maximum atomic E-state index is 10.1. The molecular formula is C16H25NO2. The van der Waals surface area contributed by atoms with Crippen molar-refractivity contribution >= 4 is 0 Å². The van der Waals surface area contributed by atoms with E-state index in [0.29, 0.717) is 13.0 Å². The Morgan fingerprint density at radius 2 is 2.11 bits per heavy atom. The third-order valence-electron chi connectivity index (χ3n) is 3.45. The second-order valence-electron chi connectivity index (χ2n) is 6.33. The molecule has 0 amide bonds. The maximum Gasteiger partial charge on any atom is 0.0852 e. The van der Waals surface area contributed by atoms with Crippen LogP contribution in [-0.2, 0) is 11.2 Å². The second-order valence-corrected chi connectivity index (χ2v) is 6.33. The summed E-state index contributed by atoms with van der Waals surface area (Å²) in [5.41, 5.74) is 2.63. The zero-order valence-corrected chi connectivity index (χ0v) is 12.1. The van der Waals surface area contributed by atoms with E-state index >= 15 is 0 Å². The van der Waals surface area contributed by atoms with Gasteiger partial charge in [0.15, 0.2) is 0 Å². The van der Waals surface area contributed by atoms with Crippen molar-refractivity contribution < 1.29 is 9.84 Å². The first kappa shape index (κ1) is 14.5. The molecule has 0 saturated heterocycles. The van der Waals surface area contributed by atoms with Gasteiger partial charge in [-0.05, 0) is 38.3 Å². The van der Waals surface area contributed by atoms with E-state index in [-0.39, 0.29) is 17.7 Å². The molecule has 0 radical (unpaired) electrons. The van der Waals surface area contributed by atoms with Crippen LogP contribution < -0.4 is 5.32 Å². The molecule has 106 valence electrons. The van der Waals surface area contributed by atoms with E-state index in [1.807, 2.05) is 6.07 Å². The molecule has 1 aromatic rings. The summed E-state index contributed by atoms with van der Waals surface area (Å²) in [6.45, 7) is 7.66. The molecule has 0 fully saturated rings. The molecule has 3 heteroatoms. The van der Waals surface area contributed by atoms with Crippen molar-refractivity contribution in [3.8, 4) is 0 Å². The van der Waals surface area contributed by atoms with E-state index in [1.165, 1.54) is 11.1 Å². The molecule has 0 aliphatic carbocycles. The fraction of sp³-hybridized carbons (Fsp3) is 0.625. The highest BCUT2D eigenvalue weighted by molar-refractivity contribution is 5.30. The van der Waals surface area contributed by atoms with Crippen LogP contribution in [-0.4, -0.2) is 29.9 Å². The van der Waals surface area contributed by atoms with Crippen LogP contribution in [0.1, 0.15) is 44.4 Å².